The first-order valence-corrected chi connectivity index (χ1v) is 7.96. The van der Waals surface area contributed by atoms with E-state index in [0.717, 1.165) is 5.92 Å². The molecule has 1 saturated carbocycles. The summed E-state index contributed by atoms with van der Waals surface area (Å²) in [6.07, 6.45) is 8.13. The Bertz CT molecular complexity index is 392. The molecule has 2 atom stereocenters. The van der Waals surface area contributed by atoms with Crippen molar-refractivity contribution < 1.29 is 0 Å². The van der Waals surface area contributed by atoms with Gasteiger partial charge in [0.25, 0.3) is 0 Å². The molecule has 19 heavy (non-hydrogen) atoms. The molecule has 0 amide bonds. The third-order valence-electron chi connectivity index (χ3n) is 4.83. The summed E-state index contributed by atoms with van der Waals surface area (Å²) in [4.78, 5) is 2.49. The molecule has 104 valence electrons. The van der Waals surface area contributed by atoms with Gasteiger partial charge in [-0.25, -0.2) is 0 Å². The molecule has 0 aromatic heterocycles. The molecular formula is C17H26N2. The molecule has 1 aliphatic heterocycles. The molecular weight excluding hydrogens is 232 g/mol. The number of hydrogen-bond acceptors (Lipinski definition) is 2. The van der Waals surface area contributed by atoms with Crippen LogP contribution in [0.5, 0.6) is 0 Å². The van der Waals surface area contributed by atoms with Crippen LogP contribution in [0.1, 0.15) is 45.4 Å². The summed E-state index contributed by atoms with van der Waals surface area (Å²) in [5, 5.41) is 3.70. The van der Waals surface area contributed by atoms with Gasteiger partial charge in [-0.15, -0.1) is 0 Å². The maximum Gasteiger partial charge on any atom is 0.0367 e. The lowest BCUT2D eigenvalue weighted by atomic mass is 10.1. The topological polar surface area (TPSA) is 15.3 Å². The summed E-state index contributed by atoms with van der Waals surface area (Å²) in [6.45, 7) is 4.78. The molecule has 2 nitrogen and oxygen atoms in total. The van der Waals surface area contributed by atoms with E-state index in [0.29, 0.717) is 6.04 Å². The van der Waals surface area contributed by atoms with Crippen LogP contribution in [-0.2, 0) is 0 Å². The van der Waals surface area contributed by atoms with Gasteiger partial charge in [0.2, 0.25) is 0 Å². The minimum Gasteiger partial charge on any atom is -0.382 e. The molecule has 1 aliphatic carbocycles. The molecule has 2 aliphatic rings. The lowest BCUT2D eigenvalue weighted by molar-refractivity contribution is 0.525. The molecule has 3 rings (SSSR count). The van der Waals surface area contributed by atoms with Gasteiger partial charge in [-0.2, -0.15) is 0 Å². The fourth-order valence-corrected chi connectivity index (χ4v) is 3.56. The van der Waals surface area contributed by atoms with Crippen molar-refractivity contribution in [1.29, 1.82) is 0 Å². The van der Waals surface area contributed by atoms with Gasteiger partial charge in [0.1, 0.15) is 0 Å². The van der Waals surface area contributed by atoms with Crippen molar-refractivity contribution in [3.8, 4) is 0 Å². The highest BCUT2D eigenvalue weighted by molar-refractivity contribution is 5.55. The van der Waals surface area contributed by atoms with Crippen LogP contribution in [0, 0.1) is 5.92 Å². The quantitative estimate of drug-likeness (QED) is 0.867. The Hall–Kier alpha value is -1.18. The van der Waals surface area contributed by atoms with E-state index in [-0.39, 0.29) is 0 Å². The third kappa shape index (κ3) is 3.05. The van der Waals surface area contributed by atoms with E-state index >= 15 is 0 Å². The second-order valence-electron chi connectivity index (χ2n) is 6.17. The zero-order valence-electron chi connectivity index (χ0n) is 12.1. The Morgan fingerprint density at radius 1 is 1.11 bits per heavy atom. The first kappa shape index (κ1) is 12.8. The standard InChI is InChI=1S/C17H26N2/c1-2-14-5-6-16(13-14)18-15-7-9-17(10-8-15)19-11-3-4-12-19/h7-10,14,16,18H,2-6,11-13H2,1H3. The number of hydrogen-bond donors (Lipinski definition) is 1. The lowest BCUT2D eigenvalue weighted by Crippen LogP contribution is -2.18. The fourth-order valence-electron chi connectivity index (χ4n) is 3.56. The zero-order valence-corrected chi connectivity index (χ0v) is 12.1. The molecule has 2 unspecified atom stereocenters. The van der Waals surface area contributed by atoms with Crippen LogP contribution in [0.25, 0.3) is 0 Å². The van der Waals surface area contributed by atoms with Gasteiger partial charge < -0.3 is 10.2 Å². The van der Waals surface area contributed by atoms with Crippen LogP contribution in [0.15, 0.2) is 24.3 Å². The molecule has 0 bridgehead atoms. The van der Waals surface area contributed by atoms with Crippen molar-refractivity contribution >= 4 is 11.4 Å². The van der Waals surface area contributed by atoms with Crippen molar-refractivity contribution in [2.75, 3.05) is 23.3 Å². The van der Waals surface area contributed by atoms with E-state index in [1.807, 2.05) is 0 Å². The summed E-state index contributed by atoms with van der Waals surface area (Å²) in [5.41, 5.74) is 2.69. The summed E-state index contributed by atoms with van der Waals surface area (Å²) in [6, 6.07) is 9.77. The van der Waals surface area contributed by atoms with Crippen molar-refractivity contribution in [3.63, 3.8) is 0 Å². The average Bonchev–Trinajstić information content (AvgIpc) is 3.10. The number of anilines is 2. The van der Waals surface area contributed by atoms with E-state index in [1.165, 1.54) is 63.0 Å². The van der Waals surface area contributed by atoms with Gasteiger partial charge >= 0.3 is 0 Å². The average molecular weight is 258 g/mol. The predicted molar refractivity (Wildman–Crippen MR) is 82.9 cm³/mol. The van der Waals surface area contributed by atoms with E-state index in [2.05, 4.69) is 41.4 Å². The largest absolute Gasteiger partial charge is 0.382 e. The first-order chi connectivity index (χ1) is 9.35. The number of benzene rings is 1. The predicted octanol–water partition coefficient (Wildman–Crippen LogP) is 4.28. The number of nitrogens with zero attached hydrogens (tertiary/aromatic N) is 1. The molecule has 2 heteroatoms. The van der Waals surface area contributed by atoms with Gasteiger partial charge in [-0.1, -0.05) is 13.3 Å². The second-order valence-corrected chi connectivity index (χ2v) is 6.17. The van der Waals surface area contributed by atoms with Crippen LogP contribution in [-0.4, -0.2) is 19.1 Å². The summed E-state index contributed by atoms with van der Waals surface area (Å²) < 4.78 is 0. The van der Waals surface area contributed by atoms with Crippen molar-refractivity contribution in [1.82, 2.24) is 0 Å². The van der Waals surface area contributed by atoms with Gasteiger partial charge in [0.05, 0.1) is 0 Å². The minimum atomic E-state index is 0.697. The maximum absolute atomic E-state index is 3.70. The Labute approximate surface area is 117 Å². The van der Waals surface area contributed by atoms with Gasteiger partial charge in [0, 0.05) is 30.5 Å². The van der Waals surface area contributed by atoms with E-state index in [1.54, 1.807) is 0 Å². The molecule has 2 fully saturated rings. The maximum atomic E-state index is 3.70. The molecule has 1 heterocycles. The summed E-state index contributed by atoms with van der Waals surface area (Å²) in [7, 11) is 0. The van der Waals surface area contributed by atoms with Crippen molar-refractivity contribution in [3.05, 3.63) is 24.3 Å². The molecule has 1 aromatic carbocycles. The van der Waals surface area contributed by atoms with Gasteiger partial charge in [0.15, 0.2) is 0 Å². The molecule has 1 aromatic rings. The fraction of sp³-hybridized carbons (Fsp3) is 0.647. The summed E-state index contributed by atoms with van der Waals surface area (Å²) >= 11 is 0. The molecule has 0 radical (unpaired) electrons. The van der Waals surface area contributed by atoms with E-state index < -0.39 is 0 Å². The highest BCUT2D eigenvalue weighted by Gasteiger charge is 2.23. The van der Waals surface area contributed by atoms with Crippen LogP contribution in [0.2, 0.25) is 0 Å². The lowest BCUT2D eigenvalue weighted by Gasteiger charge is -2.19. The first-order valence-electron chi connectivity index (χ1n) is 7.96. The van der Waals surface area contributed by atoms with Crippen LogP contribution in [0.3, 0.4) is 0 Å². The Balaban J connectivity index is 1.57. The third-order valence-corrected chi connectivity index (χ3v) is 4.83. The van der Waals surface area contributed by atoms with Crippen LogP contribution >= 0.6 is 0 Å². The van der Waals surface area contributed by atoms with Crippen molar-refractivity contribution in [2.24, 2.45) is 5.92 Å². The second kappa shape index (κ2) is 5.85. The SMILES string of the molecule is CCC1CCC(Nc2ccc(N3CCCC3)cc2)C1. The van der Waals surface area contributed by atoms with E-state index in [9.17, 15) is 0 Å². The van der Waals surface area contributed by atoms with Gasteiger partial charge in [-0.3, -0.25) is 0 Å². The van der Waals surface area contributed by atoms with Crippen LogP contribution < -0.4 is 10.2 Å². The Morgan fingerprint density at radius 3 is 2.47 bits per heavy atom. The smallest absolute Gasteiger partial charge is 0.0367 e. The summed E-state index contributed by atoms with van der Waals surface area (Å²) in [5.74, 6) is 0.946. The van der Waals surface area contributed by atoms with E-state index in [4.69, 9.17) is 0 Å². The Kier molecular flexibility index (Phi) is 3.95. The minimum absolute atomic E-state index is 0.697. The normalized spacial score (nSPS) is 26.9. The highest BCUT2D eigenvalue weighted by atomic mass is 15.1. The molecule has 1 N–H and O–H groups in total. The van der Waals surface area contributed by atoms with Crippen LogP contribution in [0.4, 0.5) is 11.4 Å². The Morgan fingerprint density at radius 2 is 1.84 bits per heavy atom. The molecule has 1 saturated heterocycles. The van der Waals surface area contributed by atoms with Gasteiger partial charge in [-0.05, 0) is 62.3 Å². The number of rotatable bonds is 4. The highest BCUT2D eigenvalue weighted by Crippen LogP contribution is 2.30. The monoisotopic (exact) mass is 258 g/mol. The van der Waals surface area contributed by atoms with Crippen molar-refractivity contribution in [2.45, 2.75) is 51.5 Å². The molecule has 0 spiro atoms. The zero-order chi connectivity index (χ0) is 13.1. The number of nitrogens with one attached hydrogen (secondary N) is 1.